The number of hydrogen-bond donors (Lipinski definition) is 1. The standard InChI is InChI=1S/C22H29N5O/c23-21-20-18(10-11-26(22(20)28)16-6-2-1-3-7-16)19(13-24-21)15-12-25-27(14-15)17-8-4-5-9-17/h12-14,16-17H,1-11H2,(H2,23,24). The summed E-state index contributed by atoms with van der Waals surface area (Å²) in [6, 6.07) is 0.873. The molecule has 1 amide bonds. The minimum Gasteiger partial charge on any atom is -0.383 e. The number of aromatic nitrogens is 3. The Balaban J connectivity index is 1.48. The summed E-state index contributed by atoms with van der Waals surface area (Å²) < 4.78 is 2.10. The largest absolute Gasteiger partial charge is 0.383 e. The second kappa shape index (κ2) is 7.22. The smallest absolute Gasteiger partial charge is 0.258 e. The molecule has 5 rings (SSSR count). The monoisotopic (exact) mass is 379 g/mol. The first-order valence-electron chi connectivity index (χ1n) is 10.8. The third-order valence-corrected chi connectivity index (χ3v) is 6.92. The Bertz CT molecular complexity index is 877. The van der Waals surface area contributed by atoms with Crippen LogP contribution in [0.5, 0.6) is 0 Å². The Morgan fingerprint density at radius 3 is 2.46 bits per heavy atom. The van der Waals surface area contributed by atoms with Crippen molar-refractivity contribution in [1.82, 2.24) is 19.7 Å². The van der Waals surface area contributed by atoms with Gasteiger partial charge in [0.2, 0.25) is 0 Å². The zero-order valence-electron chi connectivity index (χ0n) is 16.4. The van der Waals surface area contributed by atoms with E-state index in [0.29, 0.717) is 23.5 Å². The number of nitrogens with zero attached hydrogens (tertiary/aromatic N) is 4. The number of hydrogen-bond acceptors (Lipinski definition) is 4. The Labute approximate surface area is 166 Å². The fraction of sp³-hybridized carbons (Fsp3) is 0.591. The van der Waals surface area contributed by atoms with Crippen molar-refractivity contribution in [3.63, 3.8) is 0 Å². The van der Waals surface area contributed by atoms with Crippen LogP contribution in [0.2, 0.25) is 0 Å². The highest BCUT2D eigenvalue weighted by Crippen LogP contribution is 2.36. The molecule has 148 valence electrons. The molecule has 0 unspecified atom stereocenters. The first kappa shape index (κ1) is 17.7. The van der Waals surface area contributed by atoms with E-state index in [1.165, 1.54) is 44.9 Å². The van der Waals surface area contributed by atoms with E-state index in [4.69, 9.17) is 5.73 Å². The summed E-state index contributed by atoms with van der Waals surface area (Å²) in [5.41, 5.74) is 9.94. The number of anilines is 1. The molecule has 2 fully saturated rings. The second-order valence-electron chi connectivity index (χ2n) is 8.60. The SMILES string of the molecule is Nc1ncc(-c2cnn(C3CCCC3)c2)c2c1C(=O)N(C1CCCCC1)CC2. The van der Waals surface area contributed by atoms with Gasteiger partial charge in [-0.05, 0) is 37.7 Å². The minimum absolute atomic E-state index is 0.0724. The lowest BCUT2D eigenvalue weighted by molar-refractivity contribution is 0.0616. The predicted molar refractivity (Wildman–Crippen MR) is 109 cm³/mol. The van der Waals surface area contributed by atoms with Gasteiger partial charge in [-0.1, -0.05) is 32.1 Å². The molecule has 2 saturated carbocycles. The van der Waals surface area contributed by atoms with Crippen LogP contribution in [0, 0.1) is 0 Å². The fourth-order valence-corrected chi connectivity index (χ4v) is 5.38. The molecule has 2 aliphatic carbocycles. The summed E-state index contributed by atoms with van der Waals surface area (Å²) in [5, 5.41) is 4.62. The summed E-state index contributed by atoms with van der Waals surface area (Å²) in [5.74, 6) is 0.440. The van der Waals surface area contributed by atoms with Gasteiger partial charge < -0.3 is 10.6 Å². The van der Waals surface area contributed by atoms with Crippen molar-refractivity contribution in [2.24, 2.45) is 0 Å². The molecule has 28 heavy (non-hydrogen) atoms. The highest BCUT2D eigenvalue weighted by atomic mass is 16.2. The molecule has 2 aromatic heterocycles. The van der Waals surface area contributed by atoms with E-state index < -0.39 is 0 Å². The van der Waals surface area contributed by atoms with Crippen LogP contribution in [0.4, 0.5) is 5.82 Å². The maximum Gasteiger partial charge on any atom is 0.258 e. The summed E-state index contributed by atoms with van der Waals surface area (Å²) in [6.45, 7) is 0.781. The third kappa shape index (κ3) is 2.99. The van der Waals surface area contributed by atoms with Crippen LogP contribution in [0.3, 0.4) is 0 Å². The fourth-order valence-electron chi connectivity index (χ4n) is 5.38. The van der Waals surface area contributed by atoms with E-state index in [1.54, 1.807) is 0 Å². The molecule has 1 aliphatic heterocycles. The van der Waals surface area contributed by atoms with Gasteiger partial charge in [0, 0.05) is 36.1 Å². The Hall–Kier alpha value is -2.37. The van der Waals surface area contributed by atoms with Crippen molar-refractivity contribution in [1.29, 1.82) is 0 Å². The summed E-state index contributed by atoms with van der Waals surface area (Å²) in [4.78, 5) is 19.8. The van der Waals surface area contributed by atoms with Crippen LogP contribution in [0.15, 0.2) is 18.6 Å². The second-order valence-corrected chi connectivity index (χ2v) is 8.60. The highest BCUT2D eigenvalue weighted by Gasteiger charge is 2.34. The third-order valence-electron chi connectivity index (χ3n) is 6.92. The molecule has 6 nitrogen and oxygen atoms in total. The average Bonchev–Trinajstić information content (AvgIpc) is 3.41. The number of pyridine rings is 1. The van der Waals surface area contributed by atoms with Crippen LogP contribution in [0.25, 0.3) is 11.1 Å². The number of carbonyl (C=O) groups is 1. The Morgan fingerprint density at radius 1 is 0.964 bits per heavy atom. The van der Waals surface area contributed by atoms with E-state index in [-0.39, 0.29) is 5.91 Å². The van der Waals surface area contributed by atoms with Crippen LogP contribution < -0.4 is 5.73 Å². The minimum atomic E-state index is 0.0724. The van der Waals surface area contributed by atoms with Gasteiger partial charge >= 0.3 is 0 Å². The highest BCUT2D eigenvalue weighted by molar-refractivity contribution is 6.02. The maximum atomic E-state index is 13.3. The van der Waals surface area contributed by atoms with Crippen molar-refractivity contribution < 1.29 is 4.79 Å². The van der Waals surface area contributed by atoms with Crippen LogP contribution in [0.1, 0.15) is 79.8 Å². The van der Waals surface area contributed by atoms with Crippen molar-refractivity contribution in [2.75, 3.05) is 12.3 Å². The number of fused-ring (bicyclic) bond motifs is 1. The Kier molecular flexibility index (Phi) is 4.57. The van der Waals surface area contributed by atoms with Gasteiger partial charge in [-0.25, -0.2) is 4.98 Å². The number of carbonyl (C=O) groups excluding carboxylic acids is 1. The van der Waals surface area contributed by atoms with Crippen molar-refractivity contribution >= 4 is 11.7 Å². The topological polar surface area (TPSA) is 77.0 Å². The maximum absolute atomic E-state index is 13.3. The first-order valence-corrected chi connectivity index (χ1v) is 10.8. The number of nitrogens with two attached hydrogens (primary N) is 1. The molecular formula is C22H29N5O. The van der Waals surface area contributed by atoms with Gasteiger partial charge in [0.15, 0.2) is 0 Å². The predicted octanol–water partition coefficient (Wildman–Crippen LogP) is 3.97. The number of nitrogen functional groups attached to an aromatic ring is 1. The van der Waals surface area contributed by atoms with Gasteiger partial charge in [-0.15, -0.1) is 0 Å². The molecule has 0 aromatic carbocycles. The lowest BCUT2D eigenvalue weighted by atomic mass is 9.89. The molecule has 3 heterocycles. The van der Waals surface area contributed by atoms with Crippen molar-refractivity contribution in [3.05, 3.63) is 29.7 Å². The average molecular weight is 380 g/mol. The molecular weight excluding hydrogens is 350 g/mol. The van der Waals surface area contributed by atoms with E-state index in [1.807, 2.05) is 12.4 Å². The van der Waals surface area contributed by atoms with E-state index >= 15 is 0 Å². The zero-order valence-corrected chi connectivity index (χ0v) is 16.4. The lowest BCUT2D eigenvalue weighted by Gasteiger charge is -2.38. The molecule has 3 aliphatic rings. The summed E-state index contributed by atoms with van der Waals surface area (Å²) in [7, 11) is 0. The molecule has 0 bridgehead atoms. The van der Waals surface area contributed by atoms with Gasteiger partial charge in [-0.2, -0.15) is 5.10 Å². The molecule has 0 spiro atoms. The van der Waals surface area contributed by atoms with Gasteiger partial charge in [0.1, 0.15) is 5.82 Å². The molecule has 2 N–H and O–H groups in total. The molecule has 2 aromatic rings. The van der Waals surface area contributed by atoms with E-state index in [2.05, 4.69) is 25.9 Å². The Morgan fingerprint density at radius 2 is 1.68 bits per heavy atom. The first-order chi connectivity index (χ1) is 13.7. The van der Waals surface area contributed by atoms with Gasteiger partial charge in [0.25, 0.3) is 5.91 Å². The van der Waals surface area contributed by atoms with Crippen LogP contribution in [-0.2, 0) is 6.42 Å². The van der Waals surface area contributed by atoms with Gasteiger partial charge in [-0.3, -0.25) is 9.48 Å². The molecule has 0 radical (unpaired) electrons. The molecule has 0 saturated heterocycles. The summed E-state index contributed by atoms with van der Waals surface area (Å²) >= 11 is 0. The zero-order chi connectivity index (χ0) is 19.1. The number of rotatable bonds is 3. The van der Waals surface area contributed by atoms with E-state index in [9.17, 15) is 4.79 Å². The number of amides is 1. The van der Waals surface area contributed by atoms with Crippen LogP contribution in [-0.4, -0.2) is 38.2 Å². The lowest BCUT2D eigenvalue weighted by Crippen LogP contribution is -2.46. The van der Waals surface area contributed by atoms with Crippen molar-refractivity contribution in [2.45, 2.75) is 76.3 Å². The normalized spacial score (nSPS) is 21.3. The van der Waals surface area contributed by atoms with E-state index in [0.717, 1.165) is 42.5 Å². The molecule has 0 atom stereocenters. The van der Waals surface area contributed by atoms with Gasteiger partial charge in [0.05, 0.1) is 17.8 Å². The van der Waals surface area contributed by atoms with Crippen LogP contribution >= 0.6 is 0 Å². The van der Waals surface area contributed by atoms with Crippen molar-refractivity contribution in [3.8, 4) is 11.1 Å². The summed E-state index contributed by atoms with van der Waals surface area (Å²) in [6.07, 6.45) is 17.6. The molecule has 6 heteroatoms. The quantitative estimate of drug-likeness (QED) is 0.875.